The third kappa shape index (κ3) is 3.82. The van der Waals surface area contributed by atoms with E-state index >= 15 is 0 Å². The monoisotopic (exact) mass is 269 g/mol. The Morgan fingerprint density at radius 1 is 1.30 bits per heavy atom. The van der Waals surface area contributed by atoms with E-state index in [0.29, 0.717) is 18.7 Å². The summed E-state index contributed by atoms with van der Waals surface area (Å²) in [4.78, 5) is 18.0. The Bertz CT molecular complexity index is 593. The lowest BCUT2D eigenvalue weighted by Crippen LogP contribution is -2.28. The van der Waals surface area contributed by atoms with Gasteiger partial charge in [-0.25, -0.2) is 0 Å². The van der Waals surface area contributed by atoms with Crippen molar-refractivity contribution < 1.29 is 4.79 Å². The summed E-state index contributed by atoms with van der Waals surface area (Å²) in [5.74, 6) is 0.0452. The molecule has 1 amide bonds. The highest BCUT2D eigenvalue weighted by atomic mass is 16.2. The van der Waals surface area contributed by atoms with E-state index in [9.17, 15) is 4.79 Å². The number of amides is 1. The lowest BCUT2D eigenvalue weighted by atomic mass is 10.1. The molecular weight excluding hydrogens is 250 g/mol. The number of hydrogen-bond acceptors (Lipinski definition) is 3. The Morgan fingerprint density at radius 3 is 2.75 bits per heavy atom. The second-order valence-electron chi connectivity index (χ2n) is 5.00. The van der Waals surface area contributed by atoms with Crippen molar-refractivity contribution in [2.24, 2.45) is 0 Å². The number of benzene rings is 1. The fourth-order valence-electron chi connectivity index (χ4n) is 2.00. The van der Waals surface area contributed by atoms with Crippen molar-refractivity contribution in [3.63, 3.8) is 0 Å². The molecule has 0 aliphatic rings. The lowest BCUT2D eigenvalue weighted by molar-refractivity contribution is -0.129. The predicted octanol–water partition coefficient (Wildman–Crippen LogP) is 2.17. The summed E-state index contributed by atoms with van der Waals surface area (Å²) in [6.07, 6.45) is 1.87. The van der Waals surface area contributed by atoms with Gasteiger partial charge in [0.05, 0.1) is 18.3 Å². The molecule has 2 rings (SSSR count). The van der Waals surface area contributed by atoms with Crippen LogP contribution in [0, 0.1) is 6.92 Å². The zero-order chi connectivity index (χ0) is 14.5. The number of aryl methyl sites for hydroxylation is 1. The van der Waals surface area contributed by atoms with Crippen molar-refractivity contribution >= 4 is 11.6 Å². The molecule has 0 radical (unpaired) electrons. The number of nitrogen functional groups attached to an aromatic ring is 1. The van der Waals surface area contributed by atoms with E-state index < -0.39 is 0 Å². The zero-order valence-electron chi connectivity index (χ0n) is 11.8. The number of pyridine rings is 1. The molecule has 20 heavy (non-hydrogen) atoms. The number of anilines is 1. The number of rotatable bonds is 4. The summed E-state index contributed by atoms with van der Waals surface area (Å²) in [6.45, 7) is 2.65. The van der Waals surface area contributed by atoms with Crippen molar-refractivity contribution in [2.75, 3.05) is 12.8 Å². The molecule has 0 saturated carbocycles. The first kappa shape index (κ1) is 14.1. The predicted molar refractivity (Wildman–Crippen MR) is 80.0 cm³/mol. The highest BCUT2D eigenvalue weighted by Gasteiger charge is 2.11. The standard InChI is InChI=1S/C16H19N3O/c1-12-4-3-5-13(8-12)11-19(2)16(20)9-15-7-6-14(17)10-18-15/h3-8,10H,9,11,17H2,1-2H3. The van der Waals surface area contributed by atoms with Gasteiger partial charge in [-0.3, -0.25) is 9.78 Å². The van der Waals surface area contributed by atoms with Crippen LogP contribution in [0.25, 0.3) is 0 Å². The minimum Gasteiger partial charge on any atom is -0.397 e. The fourth-order valence-corrected chi connectivity index (χ4v) is 2.00. The van der Waals surface area contributed by atoms with Crippen molar-refractivity contribution in [1.82, 2.24) is 9.88 Å². The first-order valence-electron chi connectivity index (χ1n) is 6.54. The maximum atomic E-state index is 12.1. The molecule has 1 aromatic heterocycles. The summed E-state index contributed by atoms with van der Waals surface area (Å²) in [5, 5.41) is 0. The second kappa shape index (κ2) is 6.19. The lowest BCUT2D eigenvalue weighted by Gasteiger charge is -2.17. The van der Waals surface area contributed by atoms with Crippen LogP contribution in [0.4, 0.5) is 5.69 Å². The molecule has 2 aromatic rings. The Balaban J connectivity index is 1.96. The third-order valence-corrected chi connectivity index (χ3v) is 3.11. The van der Waals surface area contributed by atoms with Crippen molar-refractivity contribution in [3.8, 4) is 0 Å². The maximum absolute atomic E-state index is 12.1. The summed E-state index contributed by atoms with van der Waals surface area (Å²) in [6, 6.07) is 11.7. The van der Waals surface area contributed by atoms with Gasteiger partial charge in [0.15, 0.2) is 0 Å². The molecule has 0 aliphatic carbocycles. The Hall–Kier alpha value is -2.36. The van der Waals surface area contributed by atoms with Crippen molar-refractivity contribution in [3.05, 3.63) is 59.4 Å². The minimum atomic E-state index is 0.0452. The summed E-state index contributed by atoms with van der Waals surface area (Å²) < 4.78 is 0. The average molecular weight is 269 g/mol. The number of hydrogen-bond donors (Lipinski definition) is 1. The smallest absolute Gasteiger partial charge is 0.228 e. The van der Waals surface area contributed by atoms with Crippen molar-refractivity contribution in [2.45, 2.75) is 19.9 Å². The van der Waals surface area contributed by atoms with Crippen LogP contribution in [0.5, 0.6) is 0 Å². The van der Waals surface area contributed by atoms with Gasteiger partial charge in [-0.05, 0) is 24.6 Å². The topological polar surface area (TPSA) is 59.2 Å². The molecule has 1 heterocycles. The van der Waals surface area contributed by atoms with Gasteiger partial charge < -0.3 is 10.6 Å². The largest absolute Gasteiger partial charge is 0.397 e. The molecule has 0 unspecified atom stereocenters. The van der Waals surface area contributed by atoms with E-state index in [1.165, 1.54) is 5.56 Å². The quantitative estimate of drug-likeness (QED) is 0.925. The molecule has 1 aromatic carbocycles. The molecule has 4 nitrogen and oxygen atoms in total. The zero-order valence-corrected chi connectivity index (χ0v) is 11.8. The third-order valence-electron chi connectivity index (χ3n) is 3.11. The van der Waals surface area contributed by atoms with Crippen LogP contribution in [0.2, 0.25) is 0 Å². The van der Waals surface area contributed by atoms with Crippen LogP contribution < -0.4 is 5.73 Å². The number of aromatic nitrogens is 1. The van der Waals surface area contributed by atoms with Crippen LogP contribution >= 0.6 is 0 Å². The molecule has 0 aliphatic heterocycles. The van der Waals surface area contributed by atoms with E-state index in [1.54, 1.807) is 23.2 Å². The molecule has 0 fully saturated rings. The SMILES string of the molecule is Cc1cccc(CN(C)C(=O)Cc2ccc(N)cn2)c1. The maximum Gasteiger partial charge on any atom is 0.228 e. The molecular formula is C16H19N3O. The normalized spacial score (nSPS) is 10.3. The Labute approximate surface area is 119 Å². The second-order valence-corrected chi connectivity index (χ2v) is 5.00. The molecule has 0 spiro atoms. The number of carbonyl (C=O) groups is 1. The van der Waals surface area contributed by atoms with Gasteiger partial charge in [-0.1, -0.05) is 29.8 Å². The van der Waals surface area contributed by atoms with Crippen LogP contribution in [0.3, 0.4) is 0 Å². The number of nitrogens with two attached hydrogens (primary N) is 1. The van der Waals surface area contributed by atoms with Gasteiger partial charge in [0.1, 0.15) is 0 Å². The van der Waals surface area contributed by atoms with Gasteiger partial charge in [0.25, 0.3) is 0 Å². The molecule has 0 bridgehead atoms. The highest BCUT2D eigenvalue weighted by Crippen LogP contribution is 2.08. The van der Waals surface area contributed by atoms with Gasteiger partial charge in [0.2, 0.25) is 5.91 Å². The van der Waals surface area contributed by atoms with E-state index in [0.717, 1.165) is 11.3 Å². The molecule has 104 valence electrons. The van der Waals surface area contributed by atoms with E-state index in [4.69, 9.17) is 5.73 Å². The molecule has 2 N–H and O–H groups in total. The van der Waals surface area contributed by atoms with E-state index in [2.05, 4.69) is 11.1 Å². The molecule has 0 atom stereocenters. The summed E-state index contributed by atoms with van der Waals surface area (Å²) >= 11 is 0. The van der Waals surface area contributed by atoms with Crippen molar-refractivity contribution in [1.29, 1.82) is 0 Å². The van der Waals surface area contributed by atoms with Crippen LogP contribution in [0.1, 0.15) is 16.8 Å². The number of likely N-dealkylation sites (N-methyl/N-ethyl adjacent to an activating group) is 1. The molecule has 4 heteroatoms. The molecule has 0 saturated heterocycles. The van der Waals surface area contributed by atoms with Crippen LogP contribution in [0.15, 0.2) is 42.6 Å². The summed E-state index contributed by atoms with van der Waals surface area (Å²) in [7, 11) is 1.81. The number of nitrogens with zero attached hydrogens (tertiary/aromatic N) is 2. The average Bonchev–Trinajstić information content (AvgIpc) is 2.41. The highest BCUT2D eigenvalue weighted by molar-refractivity contribution is 5.78. The van der Waals surface area contributed by atoms with Gasteiger partial charge in [-0.2, -0.15) is 0 Å². The van der Waals surface area contributed by atoms with E-state index in [1.807, 2.05) is 32.2 Å². The van der Waals surface area contributed by atoms with Gasteiger partial charge in [-0.15, -0.1) is 0 Å². The van der Waals surface area contributed by atoms with Crippen LogP contribution in [-0.4, -0.2) is 22.8 Å². The first-order chi connectivity index (χ1) is 9.54. The van der Waals surface area contributed by atoms with E-state index in [-0.39, 0.29) is 5.91 Å². The summed E-state index contributed by atoms with van der Waals surface area (Å²) in [5.41, 5.74) is 9.25. The Morgan fingerprint density at radius 2 is 2.10 bits per heavy atom. The first-order valence-corrected chi connectivity index (χ1v) is 6.54. The minimum absolute atomic E-state index is 0.0452. The van der Waals surface area contributed by atoms with Crippen LogP contribution in [-0.2, 0) is 17.8 Å². The van der Waals surface area contributed by atoms with Gasteiger partial charge in [0, 0.05) is 19.3 Å². The van der Waals surface area contributed by atoms with Gasteiger partial charge >= 0.3 is 0 Å². The Kier molecular flexibility index (Phi) is 4.35. The number of carbonyl (C=O) groups excluding carboxylic acids is 1. The fraction of sp³-hybridized carbons (Fsp3) is 0.250.